The van der Waals surface area contributed by atoms with E-state index in [0.717, 1.165) is 0 Å². The van der Waals surface area contributed by atoms with Crippen molar-refractivity contribution in [3.63, 3.8) is 0 Å². The maximum atomic E-state index is 12.3. The van der Waals surface area contributed by atoms with Gasteiger partial charge in [-0.05, 0) is 6.07 Å². The van der Waals surface area contributed by atoms with Gasteiger partial charge in [0.1, 0.15) is 5.75 Å². The summed E-state index contributed by atoms with van der Waals surface area (Å²) in [5, 5.41) is 7.19. The Morgan fingerprint density at radius 2 is 2.17 bits per heavy atom. The molecule has 126 valence electrons. The van der Waals surface area contributed by atoms with Gasteiger partial charge in [-0.2, -0.15) is 5.10 Å². The zero-order chi connectivity index (χ0) is 16.1. The number of benzene rings is 1. The Morgan fingerprint density at radius 3 is 2.83 bits per heavy atom. The molecule has 9 heteroatoms. The fraction of sp³-hybridized carbons (Fsp3) is 0.286. The van der Waals surface area contributed by atoms with Gasteiger partial charge in [0.2, 0.25) is 0 Å². The van der Waals surface area contributed by atoms with Gasteiger partial charge in [0.15, 0.2) is 5.82 Å². The van der Waals surface area contributed by atoms with E-state index in [0.29, 0.717) is 30.4 Å². The average molecular weight is 361 g/mol. The molecule has 1 aromatic carbocycles. The molecule has 1 aromatic heterocycles. The van der Waals surface area contributed by atoms with E-state index in [-0.39, 0.29) is 28.9 Å². The minimum absolute atomic E-state index is 0. The molecular weight excluding hydrogens is 343 g/mol. The van der Waals surface area contributed by atoms with Crippen molar-refractivity contribution in [3.05, 3.63) is 35.0 Å². The second kappa shape index (κ2) is 8.61. The standard InChI is InChI=1S/C14H17ClN4O3.ClH/c1-21-6-5-19-4-3-13(18-19)17-14(20)9-7-10(15)11(16)8-12(9)22-2;/h3-4,7-8H,5-6,16H2,1-2H3,(H,17,18,20);1H. The van der Waals surface area contributed by atoms with E-state index in [1.54, 1.807) is 24.1 Å². The topological polar surface area (TPSA) is 91.4 Å². The van der Waals surface area contributed by atoms with Gasteiger partial charge in [-0.15, -0.1) is 12.4 Å². The molecule has 1 heterocycles. The lowest BCUT2D eigenvalue weighted by atomic mass is 10.1. The van der Waals surface area contributed by atoms with Gasteiger partial charge >= 0.3 is 0 Å². The van der Waals surface area contributed by atoms with E-state index in [2.05, 4.69) is 10.4 Å². The predicted octanol–water partition coefficient (Wildman–Crippen LogP) is 2.45. The number of carbonyl (C=O) groups excluding carboxylic acids is 1. The Kier molecular flexibility index (Phi) is 7.15. The molecule has 0 radical (unpaired) electrons. The van der Waals surface area contributed by atoms with Gasteiger partial charge in [-0.1, -0.05) is 11.6 Å². The zero-order valence-corrected chi connectivity index (χ0v) is 14.3. The summed E-state index contributed by atoms with van der Waals surface area (Å²) in [6.45, 7) is 1.14. The highest BCUT2D eigenvalue weighted by atomic mass is 35.5. The van der Waals surface area contributed by atoms with Crippen LogP contribution in [0, 0.1) is 0 Å². The Hall–Kier alpha value is -1.96. The molecule has 0 saturated heterocycles. The minimum Gasteiger partial charge on any atom is -0.496 e. The Labute approximate surface area is 145 Å². The number of carbonyl (C=O) groups is 1. The Morgan fingerprint density at radius 1 is 1.43 bits per heavy atom. The lowest BCUT2D eigenvalue weighted by Crippen LogP contribution is -2.14. The van der Waals surface area contributed by atoms with Crippen LogP contribution in [0.4, 0.5) is 11.5 Å². The monoisotopic (exact) mass is 360 g/mol. The lowest BCUT2D eigenvalue weighted by Gasteiger charge is -2.10. The van der Waals surface area contributed by atoms with Gasteiger partial charge in [0.05, 0.1) is 36.5 Å². The second-order valence-electron chi connectivity index (χ2n) is 4.48. The van der Waals surface area contributed by atoms with E-state index in [1.807, 2.05) is 0 Å². The highest BCUT2D eigenvalue weighted by Crippen LogP contribution is 2.29. The molecule has 23 heavy (non-hydrogen) atoms. The third-order valence-corrected chi connectivity index (χ3v) is 3.30. The maximum absolute atomic E-state index is 12.3. The summed E-state index contributed by atoms with van der Waals surface area (Å²) in [6.07, 6.45) is 1.75. The summed E-state index contributed by atoms with van der Waals surface area (Å²) in [7, 11) is 3.07. The summed E-state index contributed by atoms with van der Waals surface area (Å²) in [5.41, 5.74) is 6.33. The maximum Gasteiger partial charge on any atom is 0.260 e. The molecule has 0 bridgehead atoms. The first-order valence-corrected chi connectivity index (χ1v) is 6.89. The summed E-state index contributed by atoms with van der Waals surface area (Å²) in [5.74, 6) is 0.394. The fourth-order valence-electron chi connectivity index (χ4n) is 1.84. The molecule has 0 aliphatic rings. The number of nitrogens with one attached hydrogen (secondary N) is 1. The van der Waals surface area contributed by atoms with Crippen LogP contribution in [0.2, 0.25) is 5.02 Å². The fourth-order valence-corrected chi connectivity index (χ4v) is 2.00. The summed E-state index contributed by atoms with van der Waals surface area (Å²) in [4.78, 5) is 12.3. The molecule has 0 spiro atoms. The quantitative estimate of drug-likeness (QED) is 0.772. The van der Waals surface area contributed by atoms with Gasteiger partial charge in [0.25, 0.3) is 5.91 Å². The number of nitrogens with two attached hydrogens (primary N) is 1. The number of ether oxygens (including phenoxy) is 2. The van der Waals surface area contributed by atoms with Crippen molar-refractivity contribution in [1.29, 1.82) is 0 Å². The molecule has 0 aliphatic heterocycles. The largest absolute Gasteiger partial charge is 0.496 e. The van der Waals surface area contributed by atoms with Crippen LogP contribution in [0.3, 0.4) is 0 Å². The first-order chi connectivity index (χ1) is 10.5. The van der Waals surface area contributed by atoms with E-state index < -0.39 is 0 Å². The minimum atomic E-state index is -0.379. The van der Waals surface area contributed by atoms with Crippen molar-refractivity contribution >= 4 is 41.4 Å². The molecule has 1 amide bonds. The number of halogens is 2. The van der Waals surface area contributed by atoms with Crippen molar-refractivity contribution in [2.75, 3.05) is 31.9 Å². The van der Waals surface area contributed by atoms with Crippen molar-refractivity contribution < 1.29 is 14.3 Å². The van der Waals surface area contributed by atoms with Crippen LogP contribution in [0.1, 0.15) is 10.4 Å². The van der Waals surface area contributed by atoms with Crippen LogP contribution in [0.25, 0.3) is 0 Å². The van der Waals surface area contributed by atoms with Crippen LogP contribution in [-0.2, 0) is 11.3 Å². The number of rotatable bonds is 6. The number of amides is 1. The highest BCUT2D eigenvalue weighted by molar-refractivity contribution is 6.33. The third-order valence-electron chi connectivity index (χ3n) is 2.97. The smallest absolute Gasteiger partial charge is 0.260 e. The predicted molar refractivity (Wildman–Crippen MR) is 91.7 cm³/mol. The third kappa shape index (κ3) is 4.75. The molecule has 3 N–H and O–H groups in total. The molecule has 2 rings (SSSR count). The number of anilines is 2. The molecule has 0 saturated carbocycles. The summed E-state index contributed by atoms with van der Waals surface area (Å²) < 4.78 is 11.8. The normalized spacial score (nSPS) is 10.0. The van der Waals surface area contributed by atoms with E-state index in [1.165, 1.54) is 19.2 Å². The lowest BCUT2D eigenvalue weighted by molar-refractivity contribution is 0.102. The van der Waals surface area contributed by atoms with Gasteiger partial charge < -0.3 is 20.5 Å². The zero-order valence-electron chi connectivity index (χ0n) is 12.7. The van der Waals surface area contributed by atoms with Gasteiger partial charge in [0, 0.05) is 25.4 Å². The highest BCUT2D eigenvalue weighted by Gasteiger charge is 2.16. The van der Waals surface area contributed by atoms with E-state index in [9.17, 15) is 4.79 Å². The average Bonchev–Trinajstić information content (AvgIpc) is 2.94. The number of hydrogen-bond acceptors (Lipinski definition) is 5. The number of nitrogens with zero attached hydrogens (tertiary/aromatic N) is 2. The molecule has 7 nitrogen and oxygen atoms in total. The first kappa shape index (κ1) is 19.1. The molecule has 0 fully saturated rings. The van der Waals surface area contributed by atoms with Crippen LogP contribution >= 0.6 is 24.0 Å². The van der Waals surface area contributed by atoms with Crippen LogP contribution in [0.5, 0.6) is 5.75 Å². The van der Waals surface area contributed by atoms with Crippen LogP contribution in [-0.4, -0.2) is 36.5 Å². The van der Waals surface area contributed by atoms with Crippen molar-refractivity contribution in [1.82, 2.24) is 9.78 Å². The Bertz CT molecular complexity index is 676. The number of methoxy groups -OCH3 is 2. The second-order valence-corrected chi connectivity index (χ2v) is 4.89. The molecule has 2 aromatic rings. The number of aromatic nitrogens is 2. The van der Waals surface area contributed by atoms with Crippen molar-refractivity contribution in [3.8, 4) is 5.75 Å². The summed E-state index contributed by atoms with van der Waals surface area (Å²) >= 11 is 5.96. The molecule has 0 aliphatic carbocycles. The van der Waals surface area contributed by atoms with Crippen molar-refractivity contribution in [2.45, 2.75) is 6.54 Å². The summed E-state index contributed by atoms with van der Waals surface area (Å²) in [6, 6.07) is 4.67. The van der Waals surface area contributed by atoms with Gasteiger partial charge in [-0.25, -0.2) is 0 Å². The van der Waals surface area contributed by atoms with Crippen LogP contribution < -0.4 is 15.8 Å². The van der Waals surface area contributed by atoms with E-state index in [4.69, 9.17) is 26.8 Å². The Balaban J connectivity index is 0.00000264. The molecular formula is C14H18Cl2N4O3. The van der Waals surface area contributed by atoms with Gasteiger partial charge in [-0.3, -0.25) is 9.48 Å². The molecule has 0 unspecified atom stereocenters. The molecule has 0 atom stereocenters. The number of nitrogen functional groups attached to an aromatic ring is 1. The van der Waals surface area contributed by atoms with Crippen LogP contribution in [0.15, 0.2) is 24.4 Å². The SMILES string of the molecule is COCCn1ccc(NC(=O)c2cc(Cl)c(N)cc2OC)n1.Cl. The van der Waals surface area contributed by atoms with E-state index >= 15 is 0 Å². The first-order valence-electron chi connectivity index (χ1n) is 6.52. The van der Waals surface area contributed by atoms with Crippen molar-refractivity contribution in [2.24, 2.45) is 0 Å². The number of hydrogen-bond donors (Lipinski definition) is 2.